The van der Waals surface area contributed by atoms with Crippen molar-refractivity contribution >= 4 is 105 Å². The molecule has 5 heteroatoms. The molecule has 0 fully saturated rings. The Morgan fingerprint density at radius 1 is 0.547 bits per heavy atom. The maximum Gasteiger partial charge on any atom is 0.198 e. The monoisotopic (exact) mass is 844 g/mol. The molecule has 0 saturated heterocycles. The maximum atomic E-state index is 6.59. The van der Waals surface area contributed by atoms with Crippen LogP contribution in [0.3, 0.4) is 0 Å². The van der Waals surface area contributed by atoms with Gasteiger partial charge in [0.15, 0.2) is 7.28 Å². The largest absolute Gasteiger partial charge is 0.456 e. The second kappa shape index (κ2) is 12.8. The number of aromatic nitrogens is 1. The maximum absolute atomic E-state index is 6.59. The molecule has 11 aromatic rings. The van der Waals surface area contributed by atoms with E-state index in [1.807, 2.05) is 11.3 Å². The fourth-order valence-electron chi connectivity index (χ4n) is 11.2. The second-order valence-corrected chi connectivity index (χ2v) is 22.2. The number of fused-ring (bicyclic) bond motifs is 14. The molecule has 2 aliphatic rings. The van der Waals surface area contributed by atoms with E-state index in [-0.39, 0.29) is 16.2 Å². The number of para-hydroxylation sites is 1. The molecule has 8 aromatic carbocycles. The lowest BCUT2D eigenvalue weighted by Gasteiger charge is -2.26. The summed E-state index contributed by atoms with van der Waals surface area (Å²) >= 11 is 1.89. The van der Waals surface area contributed by atoms with Gasteiger partial charge >= 0.3 is 0 Å². The topological polar surface area (TPSA) is 30.1 Å². The van der Waals surface area contributed by atoms with E-state index in [1.54, 1.807) is 0 Å². The molecule has 0 amide bonds. The van der Waals surface area contributed by atoms with E-state index in [1.165, 1.54) is 108 Å². The fourth-order valence-corrected chi connectivity index (χ4v) is 12.3. The van der Waals surface area contributed by atoms with Crippen LogP contribution in [0.5, 0.6) is 0 Å². The summed E-state index contributed by atoms with van der Waals surface area (Å²) in [7, 11) is 0.806. The molecule has 1 aliphatic heterocycles. The van der Waals surface area contributed by atoms with E-state index in [2.05, 4.69) is 205 Å². The van der Waals surface area contributed by atoms with E-state index >= 15 is 0 Å². The number of nitrogens with one attached hydrogen (secondary N) is 1. The predicted octanol–water partition coefficient (Wildman–Crippen LogP) is 15.1. The van der Waals surface area contributed by atoms with Crippen molar-refractivity contribution in [2.45, 2.75) is 71.6 Å². The molecular weight excluding hydrogens is 796 g/mol. The number of furan rings is 1. The Bertz CT molecular complexity index is 3830. The van der Waals surface area contributed by atoms with Gasteiger partial charge in [0.05, 0.1) is 5.52 Å². The first-order chi connectivity index (χ1) is 30.7. The van der Waals surface area contributed by atoms with Crippen LogP contribution in [0.4, 0.5) is 11.4 Å². The summed E-state index contributed by atoms with van der Waals surface area (Å²) < 4.78 is 11.8. The number of anilines is 2. The van der Waals surface area contributed by atoms with Crippen LogP contribution in [0.15, 0.2) is 144 Å². The lowest BCUT2D eigenvalue weighted by Crippen LogP contribution is -2.37. The van der Waals surface area contributed by atoms with Gasteiger partial charge in [-0.15, -0.1) is 11.3 Å². The van der Waals surface area contributed by atoms with Gasteiger partial charge in [0, 0.05) is 81.3 Å². The van der Waals surface area contributed by atoms with Gasteiger partial charge in [0.25, 0.3) is 0 Å². The first-order valence-corrected chi connectivity index (χ1v) is 23.6. The summed E-state index contributed by atoms with van der Waals surface area (Å²) in [5.41, 5.74) is 21.0. The lowest BCUT2D eigenvalue weighted by molar-refractivity contribution is 0.589. The van der Waals surface area contributed by atoms with Gasteiger partial charge in [0.2, 0.25) is 0 Å². The third-order valence-electron chi connectivity index (χ3n) is 14.7. The van der Waals surface area contributed by atoms with Crippen LogP contribution < -0.4 is 16.2 Å². The molecule has 0 bridgehead atoms. The van der Waals surface area contributed by atoms with Crippen molar-refractivity contribution in [3.63, 3.8) is 0 Å². The van der Waals surface area contributed by atoms with E-state index in [0.29, 0.717) is 0 Å². The first-order valence-electron chi connectivity index (χ1n) is 22.8. The zero-order valence-electron chi connectivity index (χ0n) is 37.7. The van der Waals surface area contributed by atoms with Crippen molar-refractivity contribution in [2.75, 3.05) is 5.32 Å². The quantitative estimate of drug-likeness (QED) is 0.180. The average molecular weight is 845 g/mol. The Morgan fingerprint density at radius 2 is 1.28 bits per heavy atom. The number of hydrogen-bond donors (Lipinski definition) is 1. The van der Waals surface area contributed by atoms with Gasteiger partial charge < -0.3 is 14.3 Å². The Balaban J connectivity index is 1.10. The molecule has 13 rings (SSSR count). The third-order valence-corrected chi connectivity index (χ3v) is 15.9. The molecule has 310 valence electrons. The molecule has 1 N–H and O–H groups in total. The molecule has 3 nitrogen and oxygen atoms in total. The third kappa shape index (κ3) is 5.34. The summed E-state index contributed by atoms with van der Waals surface area (Å²) in [5, 5.41) is 11.6. The summed E-state index contributed by atoms with van der Waals surface area (Å²) in [5.74, 6) is 0. The van der Waals surface area contributed by atoms with Gasteiger partial charge in [-0.05, 0) is 104 Å². The van der Waals surface area contributed by atoms with Gasteiger partial charge in [0.1, 0.15) is 11.2 Å². The van der Waals surface area contributed by atoms with Crippen molar-refractivity contribution < 1.29 is 4.42 Å². The van der Waals surface area contributed by atoms with Crippen LogP contribution in [-0.4, -0.2) is 11.8 Å². The van der Waals surface area contributed by atoms with Gasteiger partial charge in [-0.25, -0.2) is 0 Å². The van der Waals surface area contributed by atoms with E-state index in [4.69, 9.17) is 4.42 Å². The Morgan fingerprint density at radius 3 is 2.08 bits per heavy atom. The zero-order valence-corrected chi connectivity index (χ0v) is 38.6. The SMILES string of the molecule is CC(C)(C)c1ccc(Nc2cc3c(cc2-c2ccc4c5cc6sc7ccccc7c6cc5n5c4c2Bc2cc4c(cc2-5)oc2ccccc24)C(C)(C)c2ccc(C(C)(C)C)cc2-3)cc1. The molecule has 0 atom stereocenters. The minimum absolute atomic E-state index is 0.0428. The Labute approximate surface area is 378 Å². The van der Waals surface area contributed by atoms with Crippen molar-refractivity contribution in [3.8, 4) is 27.9 Å². The average Bonchev–Trinajstić information content (AvgIpc) is 3.98. The fraction of sp³-hybridized carbons (Fsp3) is 0.186. The molecule has 3 aromatic heterocycles. The van der Waals surface area contributed by atoms with Crippen molar-refractivity contribution in [2.24, 2.45) is 0 Å². The molecule has 0 radical (unpaired) electrons. The zero-order chi connectivity index (χ0) is 43.6. The summed E-state index contributed by atoms with van der Waals surface area (Å²) in [6.45, 7) is 18.6. The Kier molecular flexibility index (Phi) is 7.59. The second-order valence-electron chi connectivity index (χ2n) is 21.1. The van der Waals surface area contributed by atoms with Crippen LogP contribution in [0.2, 0.25) is 0 Å². The lowest BCUT2D eigenvalue weighted by atomic mass is 9.58. The summed E-state index contributed by atoms with van der Waals surface area (Å²) in [6.07, 6.45) is 0. The predicted molar refractivity (Wildman–Crippen MR) is 277 cm³/mol. The van der Waals surface area contributed by atoms with Crippen molar-refractivity contribution in [1.82, 2.24) is 4.57 Å². The number of benzene rings is 8. The van der Waals surface area contributed by atoms with Gasteiger partial charge in [-0.2, -0.15) is 0 Å². The van der Waals surface area contributed by atoms with Crippen LogP contribution in [0.1, 0.15) is 77.6 Å². The number of thiophene rings is 1. The highest BCUT2D eigenvalue weighted by molar-refractivity contribution is 7.25. The molecule has 64 heavy (non-hydrogen) atoms. The molecule has 0 saturated carbocycles. The van der Waals surface area contributed by atoms with Crippen LogP contribution in [0.25, 0.3) is 91.9 Å². The molecule has 1 aliphatic carbocycles. The normalized spacial score (nSPS) is 14.2. The van der Waals surface area contributed by atoms with E-state index in [0.717, 1.165) is 35.2 Å². The minimum atomic E-state index is -0.173. The van der Waals surface area contributed by atoms with Crippen molar-refractivity contribution in [3.05, 3.63) is 162 Å². The van der Waals surface area contributed by atoms with Crippen molar-refractivity contribution in [1.29, 1.82) is 0 Å². The highest BCUT2D eigenvalue weighted by Gasteiger charge is 2.38. The standard InChI is InChI=1S/C59H49BN2OS/c1-57(2,3)32-17-20-34(21-18-32)61-48-28-40-39-25-33(58(4,5)6)19-24-45(39)59(7,8)46(40)26-41(48)37-22-23-38-42-30-54-44(36-14-10-12-16-53(36)64-54)29-49(42)62-50-31-52-43(27-47(50)60-55(37)56(38)62)35-13-9-11-15-51(35)63-52/h9-31,60-61H,1-8H3. The Hall–Kier alpha value is -6.56. The van der Waals surface area contributed by atoms with E-state index in [9.17, 15) is 0 Å². The summed E-state index contributed by atoms with van der Waals surface area (Å²) in [6, 6.07) is 53.1. The van der Waals surface area contributed by atoms with Crippen LogP contribution in [-0.2, 0) is 16.2 Å². The minimum Gasteiger partial charge on any atom is -0.456 e. The van der Waals surface area contributed by atoms with Crippen LogP contribution in [0, 0.1) is 0 Å². The molecule has 4 heterocycles. The highest BCUT2D eigenvalue weighted by Crippen LogP contribution is 2.53. The highest BCUT2D eigenvalue weighted by atomic mass is 32.1. The number of nitrogens with zero attached hydrogens (tertiary/aromatic N) is 1. The van der Waals surface area contributed by atoms with Gasteiger partial charge in [-0.3, -0.25) is 0 Å². The smallest absolute Gasteiger partial charge is 0.198 e. The number of rotatable bonds is 3. The first kappa shape index (κ1) is 38.0. The number of hydrogen-bond acceptors (Lipinski definition) is 3. The molecular formula is C59H49BN2OS. The van der Waals surface area contributed by atoms with Crippen LogP contribution >= 0.6 is 11.3 Å². The van der Waals surface area contributed by atoms with Gasteiger partial charge in [-0.1, -0.05) is 146 Å². The van der Waals surface area contributed by atoms with E-state index < -0.39 is 0 Å². The molecule has 0 unspecified atom stereocenters. The summed E-state index contributed by atoms with van der Waals surface area (Å²) in [4.78, 5) is 0. The molecule has 0 spiro atoms.